The van der Waals surface area contributed by atoms with Gasteiger partial charge in [0.25, 0.3) is 0 Å². The summed E-state index contributed by atoms with van der Waals surface area (Å²) in [6, 6.07) is 0.735. The molecule has 4 nitrogen and oxygen atoms in total. The van der Waals surface area contributed by atoms with Crippen LogP contribution < -0.4 is 10.2 Å². The zero-order chi connectivity index (χ0) is 12.6. The maximum atomic E-state index is 13.4. The zero-order valence-corrected chi connectivity index (χ0v) is 8.71. The summed E-state index contributed by atoms with van der Waals surface area (Å²) in [6.07, 6.45) is 1.46. The summed E-state index contributed by atoms with van der Waals surface area (Å²) in [5.41, 5.74) is -0.821. The standard InChI is InChI=1S/C11H7F2NO3/c1-17-11-8(13)7(12)2-6-9(11)14-3-5(4-15)10(6)16/h2-4H,1H3,(H,14,16). The van der Waals surface area contributed by atoms with Crippen LogP contribution in [-0.2, 0) is 0 Å². The molecule has 1 aromatic heterocycles. The second-order valence-corrected chi connectivity index (χ2v) is 3.32. The van der Waals surface area contributed by atoms with E-state index < -0.39 is 22.8 Å². The van der Waals surface area contributed by atoms with Crippen LogP contribution in [0.25, 0.3) is 10.9 Å². The molecule has 88 valence electrons. The van der Waals surface area contributed by atoms with Gasteiger partial charge in [0.15, 0.2) is 23.3 Å². The van der Waals surface area contributed by atoms with Gasteiger partial charge in [-0.05, 0) is 6.07 Å². The van der Waals surface area contributed by atoms with Crippen molar-refractivity contribution in [1.82, 2.24) is 4.98 Å². The van der Waals surface area contributed by atoms with Gasteiger partial charge in [-0.25, -0.2) is 4.39 Å². The fourth-order valence-corrected chi connectivity index (χ4v) is 1.58. The molecular weight excluding hydrogens is 232 g/mol. The summed E-state index contributed by atoms with van der Waals surface area (Å²) in [6.45, 7) is 0. The third-order valence-corrected chi connectivity index (χ3v) is 2.39. The minimum Gasteiger partial charge on any atom is -0.491 e. The number of aromatic amines is 1. The zero-order valence-electron chi connectivity index (χ0n) is 8.71. The van der Waals surface area contributed by atoms with Gasteiger partial charge in [0.2, 0.25) is 5.82 Å². The number of carbonyl (C=O) groups is 1. The Morgan fingerprint density at radius 1 is 1.41 bits per heavy atom. The molecule has 0 aliphatic heterocycles. The number of ether oxygens (including phenoxy) is 1. The first-order valence-corrected chi connectivity index (χ1v) is 4.62. The topological polar surface area (TPSA) is 59.2 Å². The maximum absolute atomic E-state index is 13.4. The average Bonchev–Trinajstić information content (AvgIpc) is 2.33. The van der Waals surface area contributed by atoms with E-state index in [9.17, 15) is 18.4 Å². The van der Waals surface area contributed by atoms with Crippen LogP contribution >= 0.6 is 0 Å². The monoisotopic (exact) mass is 239 g/mol. The molecule has 0 aliphatic carbocycles. The van der Waals surface area contributed by atoms with E-state index in [4.69, 9.17) is 4.74 Å². The van der Waals surface area contributed by atoms with E-state index in [2.05, 4.69) is 4.98 Å². The SMILES string of the molecule is COc1c(F)c(F)cc2c(=O)c(C=O)c[nH]c12. The highest BCUT2D eigenvalue weighted by atomic mass is 19.2. The number of fused-ring (bicyclic) bond motifs is 1. The van der Waals surface area contributed by atoms with Gasteiger partial charge in [0.05, 0.1) is 23.6 Å². The highest BCUT2D eigenvalue weighted by molar-refractivity contribution is 5.89. The molecule has 2 rings (SSSR count). The molecule has 0 saturated carbocycles. The number of hydrogen-bond donors (Lipinski definition) is 1. The third kappa shape index (κ3) is 1.57. The lowest BCUT2D eigenvalue weighted by Crippen LogP contribution is -2.11. The van der Waals surface area contributed by atoms with Gasteiger partial charge in [0.1, 0.15) is 0 Å². The van der Waals surface area contributed by atoms with E-state index >= 15 is 0 Å². The van der Waals surface area contributed by atoms with Crippen LogP contribution in [0.1, 0.15) is 10.4 Å². The van der Waals surface area contributed by atoms with Crippen LogP contribution in [0.15, 0.2) is 17.1 Å². The number of carbonyl (C=O) groups excluding carboxylic acids is 1. The second kappa shape index (κ2) is 3.97. The Balaban J connectivity index is 3.00. The van der Waals surface area contributed by atoms with Gasteiger partial charge in [-0.1, -0.05) is 0 Å². The van der Waals surface area contributed by atoms with Crippen molar-refractivity contribution in [3.05, 3.63) is 39.7 Å². The normalized spacial score (nSPS) is 10.5. The lowest BCUT2D eigenvalue weighted by molar-refractivity contribution is 0.112. The lowest BCUT2D eigenvalue weighted by atomic mass is 10.1. The van der Waals surface area contributed by atoms with E-state index in [1.54, 1.807) is 0 Å². The molecule has 0 saturated heterocycles. The number of aromatic nitrogens is 1. The molecule has 0 bridgehead atoms. The maximum Gasteiger partial charge on any atom is 0.202 e. The highest BCUT2D eigenvalue weighted by Gasteiger charge is 2.17. The fourth-order valence-electron chi connectivity index (χ4n) is 1.58. The van der Waals surface area contributed by atoms with Crippen molar-refractivity contribution in [2.75, 3.05) is 7.11 Å². The van der Waals surface area contributed by atoms with Crippen LogP contribution in [0.3, 0.4) is 0 Å². The number of hydrogen-bond acceptors (Lipinski definition) is 3. The predicted octanol–water partition coefficient (Wildman–Crippen LogP) is 1.63. The first-order chi connectivity index (χ1) is 8.10. The Bertz CT molecular complexity index is 664. The molecule has 0 amide bonds. The van der Waals surface area contributed by atoms with Crippen LogP contribution in [0, 0.1) is 11.6 Å². The van der Waals surface area contributed by atoms with Crippen LogP contribution in [0.2, 0.25) is 0 Å². The van der Waals surface area contributed by atoms with Crippen molar-refractivity contribution in [2.24, 2.45) is 0 Å². The number of H-pyrrole nitrogens is 1. The van der Waals surface area contributed by atoms with Gasteiger partial charge < -0.3 is 9.72 Å². The summed E-state index contributed by atoms with van der Waals surface area (Å²) in [5.74, 6) is -2.79. The third-order valence-electron chi connectivity index (χ3n) is 2.39. The van der Waals surface area contributed by atoms with E-state index in [0.29, 0.717) is 6.29 Å². The number of halogens is 2. The molecular formula is C11H7F2NO3. The number of pyridine rings is 1. The molecule has 1 heterocycles. The van der Waals surface area contributed by atoms with Crippen LogP contribution in [0.4, 0.5) is 8.78 Å². The molecule has 0 atom stereocenters. The number of methoxy groups -OCH3 is 1. The van der Waals surface area contributed by atoms with E-state index in [1.165, 1.54) is 0 Å². The Hall–Kier alpha value is -2.24. The highest BCUT2D eigenvalue weighted by Crippen LogP contribution is 2.27. The van der Waals surface area contributed by atoms with Crippen molar-refractivity contribution < 1.29 is 18.3 Å². The Labute approximate surface area is 93.8 Å². The predicted molar refractivity (Wildman–Crippen MR) is 56.4 cm³/mol. The molecule has 2 aromatic rings. The Morgan fingerprint density at radius 3 is 2.71 bits per heavy atom. The van der Waals surface area contributed by atoms with Gasteiger partial charge in [-0.2, -0.15) is 4.39 Å². The number of rotatable bonds is 2. The van der Waals surface area contributed by atoms with Crippen molar-refractivity contribution in [1.29, 1.82) is 0 Å². The molecule has 0 unspecified atom stereocenters. The molecule has 0 aliphatic rings. The van der Waals surface area contributed by atoms with Crippen LogP contribution in [-0.4, -0.2) is 18.4 Å². The summed E-state index contributed by atoms with van der Waals surface area (Å²) < 4.78 is 31.3. The number of aldehydes is 1. The summed E-state index contributed by atoms with van der Waals surface area (Å²) >= 11 is 0. The minimum absolute atomic E-state index is 0.0157. The summed E-state index contributed by atoms with van der Waals surface area (Å²) in [5, 5.41) is -0.134. The Kier molecular flexibility index (Phi) is 2.63. The van der Waals surface area contributed by atoms with Crippen molar-refractivity contribution in [3.8, 4) is 5.75 Å². The van der Waals surface area contributed by atoms with E-state index in [-0.39, 0.29) is 16.5 Å². The van der Waals surface area contributed by atoms with Gasteiger partial charge in [0, 0.05) is 6.20 Å². The first kappa shape index (κ1) is 11.3. The Morgan fingerprint density at radius 2 is 2.12 bits per heavy atom. The minimum atomic E-state index is -1.21. The largest absolute Gasteiger partial charge is 0.491 e. The molecule has 1 aromatic carbocycles. The number of nitrogens with one attached hydrogen (secondary N) is 1. The smallest absolute Gasteiger partial charge is 0.202 e. The number of benzene rings is 1. The van der Waals surface area contributed by atoms with Crippen molar-refractivity contribution in [2.45, 2.75) is 0 Å². The molecule has 0 fully saturated rings. The molecule has 0 radical (unpaired) electrons. The van der Waals surface area contributed by atoms with Gasteiger partial charge in [-0.15, -0.1) is 0 Å². The van der Waals surface area contributed by atoms with Crippen LogP contribution in [0.5, 0.6) is 5.75 Å². The molecule has 0 spiro atoms. The fraction of sp³-hybridized carbons (Fsp3) is 0.0909. The lowest BCUT2D eigenvalue weighted by Gasteiger charge is -2.07. The van der Waals surface area contributed by atoms with E-state index in [1.807, 2.05) is 0 Å². The molecule has 17 heavy (non-hydrogen) atoms. The molecule has 6 heteroatoms. The second-order valence-electron chi connectivity index (χ2n) is 3.32. The van der Waals surface area contributed by atoms with E-state index in [0.717, 1.165) is 19.4 Å². The summed E-state index contributed by atoms with van der Waals surface area (Å²) in [7, 11) is 1.16. The summed E-state index contributed by atoms with van der Waals surface area (Å²) in [4.78, 5) is 24.8. The van der Waals surface area contributed by atoms with Gasteiger partial charge in [-0.3, -0.25) is 9.59 Å². The van der Waals surface area contributed by atoms with Crippen molar-refractivity contribution in [3.63, 3.8) is 0 Å². The quantitative estimate of drug-likeness (QED) is 0.810. The molecule has 1 N–H and O–H groups in total. The van der Waals surface area contributed by atoms with Gasteiger partial charge >= 0.3 is 0 Å². The first-order valence-electron chi connectivity index (χ1n) is 4.62. The van der Waals surface area contributed by atoms with Crippen molar-refractivity contribution >= 4 is 17.2 Å². The average molecular weight is 239 g/mol.